The smallest absolute Gasteiger partial charge is 0.124 e. The van der Waals surface area contributed by atoms with Crippen LogP contribution < -0.4 is 10.1 Å². The third-order valence-corrected chi connectivity index (χ3v) is 5.20. The van der Waals surface area contributed by atoms with Gasteiger partial charge in [-0.25, -0.2) is 0 Å². The topological polar surface area (TPSA) is 21.3 Å². The van der Waals surface area contributed by atoms with Crippen molar-refractivity contribution >= 4 is 11.8 Å². The molecule has 0 aliphatic carbocycles. The lowest BCUT2D eigenvalue weighted by Gasteiger charge is -2.28. The highest BCUT2D eigenvalue weighted by Crippen LogP contribution is 2.32. The lowest BCUT2D eigenvalue weighted by Crippen LogP contribution is -2.28. The minimum Gasteiger partial charge on any atom is -0.489 e. The Labute approximate surface area is 120 Å². The number of thioether (sulfide) groups is 1. The van der Waals surface area contributed by atoms with Gasteiger partial charge in [0.15, 0.2) is 0 Å². The van der Waals surface area contributed by atoms with Gasteiger partial charge in [-0.15, -0.1) is 0 Å². The lowest BCUT2D eigenvalue weighted by atomic mass is 9.97. The van der Waals surface area contributed by atoms with E-state index in [4.69, 9.17) is 4.74 Å². The molecular formula is C16H23NOS. The van der Waals surface area contributed by atoms with Crippen LogP contribution in [0.3, 0.4) is 0 Å². The second kappa shape index (κ2) is 6.67. The zero-order valence-electron chi connectivity index (χ0n) is 11.4. The Morgan fingerprint density at radius 3 is 2.84 bits per heavy atom. The Balaban J connectivity index is 1.72. The van der Waals surface area contributed by atoms with E-state index in [0.717, 1.165) is 18.0 Å². The fourth-order valence-electron chi connectivity index (χ4n) is 2.98. The zero-order valence-corrected chi connectivity index (χ0v) is 12.3. The Kier molecular flexibility index (Phi) is 4.67. The third-order valence-electron chi connectivity index (χ3n) is 4.02. The maximum Gasteiger partial charge on any atom is 0.124 e. The fourth-order valence-corrected chi connectivity index (χ4v) is 4.01. The summed E-state index contributed by atoms with van der Waals surface area (Å²) in [6, 6.07) is 9.09. The molecular weight excluding hydrogens is 254 g/mol. The molecule has 3 rings (SSSR count). The van der Waals surface area contributed by atoms with Gasteiger partial charge in [0.05, 0.1) is 0 Å². The normalized spacial score (nSPS) is 28.0. The Hall–Kier alpha value is -0.670. The van der Waals surface area contributed by atoms with Gasteiger partial charge in [-0.3, -0.25) is 0 Å². The van der Waals surface area contributed by atoms with E-state index >= 15 is 0 Å². The van der Waals surface area contributed by atoms with Crippen molar-refractivity contribution in [1.29, 1.82) is 0 Å². The van der Waals surface area contributed by atoms with Gasteiger partial charge < -0.3 is 10.1 Å². The first-order chi connectivity index (χ1) is 9.43. The minimum atomic E-state index is 0.406. The summed E-state index contributed by atoms with van der Waals surface area (Å²) in [4.78, 5) is 0. The molecule has 3 heteroatoms. The monoisotopic (exact) mass is 277 g/mol. The molecule has 1 N–H and O–H groups in total. The second-order valence-electron chi connectivity index (χ2n) is 5.50. The van der Waals surface area contributed by atoms with Crippen molar-refractivity contribution in [1.82, 2.24) is 5.32 Å². The van der Waals surface area contributed by atoms with Crippen LogP contribution in [0, 0.1) is 0 Å². The molecule has 0 aromatic heterocycles. The first kappa shape index (κ1) is 13.3. The molecule has 0 amide bonds. The number of hydrogen-bond donors (Lipinski definition) is 1. The molecule has 1 aromatic carbocycles. The largest absolute Gasteiger partial charge is 0.489 e. The number of benzene rings is 1. The van der Waals surface area contributed by atoms with E-state index in [1.807, 2.05) is 11.8 Å². The highest BCUT2D eigenvalue weighted by Gasteiger charge is 2.21. The fraction of sp³-hybridized carbons (Fsp3) is 0.625. The average Bonchev–Trinajstić information content (AvgIpc) is 2.50. The summed E-state index contributed by atoms with van der Waals surface area (Å²) in [5.74, 6) is 3.55. The van der Waals surface area contributed by atoms with Gasteiger partial charge in [-0.1, -0.05) is 24.6 Å². The van der Waals surface area contributed by atoms with Gasteiger partial charge in [0.25, 0.3) is 0 Å². The van der Waals surface area contributed by atoms with Gasteiger partial charge in [-0.05, 0) is 44.0 Å². The quantitative estimate of drug-likeness (QED) is 0.908. The van der Waals surface area contributed by atoms with Crippen molar-refractivity contribution in [3.8, 4) is 5.75 Å². The predicted molar refractivity (Wildman–Crippen MR) is 82.0 cm³/mol. The van der Waals surface area contributed by atoms with Gasteiger partial charge >= 0.3 is 0 Å². The molecule has 2 unspecified atom stereocenters. The summed E-state index contributed by atoms with van der Waals surface area (Å²) in [5, 5.41) is 3.63. The molecule has 2 atom stereocenters. The predicted octanol–water partition coefficient (Wildman–Crippen LogP) is 3.78. The molecule has 2 fully saturated rings. The van der Waals surface area contributed by atoms with E-state index in [0.29, 0.717) is 12.1 Å². The Morgan fingerprint density at radius 1 is 1.11 bits per heavy atom. The summed E-state index contributed by atoms with van der Waals surface area (Å²) in [7, 11) is 0. The molecule has 2 heterocycles. The Bertz CT molecular complexity index is 397. The zero-order chi connectivity index (χ0) is 12.9. The Morgan fingerprint density at radius 2 is 2.05 bits per heavy atom. The van der Waals surface area contributed by atoms with Crippen LogP contribution in [0.15, 0.2) is 24.3 Å². The van der Waals surface area contributed by atoms with Crippen LogP contribution in [0.25, 0.3) is 0 Å². The summed E-state index contributed by atoms with van der Waals surface area (Å²) >= 11 is 2.02. The number of nitrogens with one attached hydrogen (secondary N) is 1. The standard InChI is InChI=1S/C16H23NOS/c1-2-9-16(18-13-6-5-11-19-12-13)14(7-1)15-8-3-4-10-17-15/h1-2,7,9,13,15,17H,3-6,8,10-12H2. The molecule has 1 aromatic rings. The van der Waals surface area contributed by atoms with Crippen LogP contribution in [0.1, 0.15) is 43.7 Å². The molecule has 0 bridgehead atoms. The van der Waals surface area contributed by atoms with E-state index in [9.17, 15) is 0 Å². The number of para-hydroxylation sites is 1. The van der Waals surface area contributed by atoms with E-state index in [-0.39, 0.29) is 0 Å². The molecule has 2 saturated heterocycles. The minimum absolute atomic E-state index is 0.406. The van der Waals surface area contributed by atoms with Crippen molar-refractivity contribution in [2.75, 3.05) is 18.1 Å². The van der Waals surface area contributed by atoms with Crippen molar-refractivity contribution in [3.05, 3.63) is 29.8 Å². The molecule has 2 aliphatic rings. The van der Waals surface area contributed by atoms with Crippen molar-refractivity contribution in [2.24, 2.45) is 0 Å². The summed E-state index contributed by atoms with van der Waals surface area (Å²) in [6.45, 7) is 1.14. The van der Waals surface area contributed by atoms with Gasteiger partial charge in [-0.2, -0.15) is 11.8 Å². The average molecular weight is 277 g/mol. The molecule has 104 valence electrons. The number of piperidine rings is 1. The molecule has 0 spiro atoms. The van der Waals surface area contributed by atoms with Gasteiger partial charge in [0, 0.05) is 17.4 Å². The first-order valence-electron chi connectivity index (χ1n) is 7.50. The SMILES string of the molecule is c1ccc(C2CCCCN2)c(OC2CCCSC2)c1. The molecule has 2 aliphatic heterocycles. The van der Waals surface area contributed by atoms with Crippen LogP contribution >= 0.6 is 11.8 Å². The first-order valence-corrected chi connectivity index (χ1v) is 8.65. The third kappa shape index (κ3) is 3.46. The number of ether oxygens (including phenoxy) is 1. The summed E-state index contributed by atoms with van der Waals surface area (Å²) < 4.78 is 6.28. The van der Waals surface area contributed by atoms with Gasteiger partial charge in [0.1, 0.15) is 11.9 Å². The molecule has 19 heavy (non-hydrogen) atoms. The van der Waals surface area contributed by atoms with E-state index < -0.39 is 0 Å². The number of rotatable bonds is 3. The highest BCUT2D eigenvalue weighted by molar-refractivity contribution is 7.99. The van der Waals surface area contributed by atoms with Crippen LogP contribution in [0.2, 0.25) is 0 Å². The highest BCUT2D eigenvalue weighted by atomic mass is 32.2. The van der Waals surface area contributed by atoms with Crippen LogP contribution in [0.5, 0.6) is 5.75 Å². The van der Waals surface area contributed by atoms with Crippen LogP contribution in [0.4, 0.5) is 0 Å². The van der Waals surface area contributed by atoms with Crippen molar-refractivity contribution < 1.29 is 4.74 Å². The number of hydrogen-bond acceptors (Lipinski definition) is 3. The maximum absolute atomic E-state index is 6.28. The molecule has 2 nitrogen and oxygen atoms in total. The maximum atomic E-state index is 6.28. The lowest BCUT2D eigenvalue weighted by molar-refractivity contribution is 0.206. The van der Waals surface area contributed by atoms with E-state index in [1.165, 1.54) is 43.4 Å². The summed E-state index contributed by atoms with van der Waals surface area (Å²) in [5.41, 5.74) is 1.36. The van der Waals surface area contributed by atoms with Crippen LogP contribution in [-0.4, -0.2) is 24.2 Å². The summed E-state index contributed by atoms with van der Waals surface area (Å²) in [6.07, 6.45) is 6.77. The van der Waals surface area contributed by atoms with Crippen molar-refractivity contribution in [3.63, 3.8) is 0 Å². The van der Waals surface area contributed by atoms with Crippen molar-refractivity contribution in [2.45, 2.75) is 44.2 Å². The molecule has 0 radical (unpaired) electrons. The van der Waals surface area contributed by atoms with E-state index in [2.05, 4.69) is 29.6 Å². The van der Waals surface area contributed by atoms with Crippen LogP contribution in [-0.2, 0) is 0 Å². The van der Waals surface area contributed by atoms with E-state index in [1.54, 1.807) is 0 Å². The second-order valence-corrected chi connectivity index (χ2v) is 6.65. The molecule has 0 saturated carbocycles. The van der Waals surface area contributed by atoms with Gasteiger partial charge in [0.2, 0.25) is 0 Å².